The third kappa shape index (κ3) is 3.21. The molecule has 3 rings (SSSR count). The Hall–Kier alpha value is -2.37. The number of piperidine rings is 1. The highest BCUT2D eigenvalue weighted by Crippen LogP contribution is 2.20. The van der Waals surface area contributed by atoms with E-state index in [2.05, 4.69) is 15.2 Å². The van der Waals surface area contributed by atoms with Crippen molar-refractivity contribution < 1.29 is 9.53 Å². The highest BCUT2D eigenvalue weighted by Gasteiger charge is 2.22. The molecule has 21 heavy (non-hydrogen) atoms. The van der Waals surface area contributed by atoms with E-state index in [1.54, 1.807) is 19.3 Å². The van der Waals surface area contributed by atoms with Gasteiger partial charge in [-0.05, 0) is 31.0 Å². The molecule has 2 aromatic heterocycles. The maximum atomic E-state index is 11.4. The molecular weight excluding hydrogens is 268 g/mol. The summed E-state index contributed by atoms with van der Waals surface area (Å²) < 4.78 is 5.93. The van der Waals surface area contributed by atoms with Gasteiger partial charge in [-0.15, -0.1) is 0 Å². The molecule has 3 heterocycles. The lowest BCUT2D eigenvalue weighted by Gasteiger charge is -2.32. The second kappa shape index (κ2) is 5.95. The normalized spacial score (nSPS) is 18.5. The van der Waals surface area contributed by atoms with E-state index >= 15 is 0 Å². The molecule has 1 aliphatic rings. The predicted molar refractivity (Wildman–Crippen MR) is 77.7 cm³/mol. The third-order valence-corrected chi connectivity index (χ3v) is 3.64. The quantitative estimate of drug-likeness (QED) is 0.935. The molecule has 0 aliphatic carbocycles. The maximum Gasteiger partial charge on any atom is 0.219 e. The number of ether oxygens (including phenoxy) is 1. The van der Waals surface area contributed by atoms with Gasteiger partial charge in [0, 0.05) is 19.7 Å². The average molecular weight is 286 g/mol. The molecule has 6 nitrogen and oxygen atoms in total. The number of nitrogens with zero attached hydrogens (tertiary/aromatic N) is 3. The van der Waals surface area contributed by atoms with E-state index < -0.39 is 0 Å². The number of rotatable bonds is 3. The highest BCUT2D eigenvalue weighted by molar-refractivity contribution is 5.73. The second-order valence-corrected chi connectivity index (χ2v) is 5.20. The Morgan fingerprint density at radius 2 is 2.33 bits per heavy atom. The predicted octanol–water partition coefficient (Wildman–Crippen LogP) is 1.86. The van der Waals surface area contributed by atoms with Crippen molar-refractivity contribution in [3.63, 3.8) is 0 Å². The first-order valence-corrected chi connectivity index (χ1v) is 7.10. The summed E-state index contributed by atoms with van der Waals surface area (Å²) >= 11 is 0. The standard InChI is InChI=1S/C15H18N4O2/c1-11(20)19-8-2-3-13(10-19)21-12-4-5-14(16-9-12)15-6-7-17-18-15/h4-7,9,13H,2-3,8,10H2,1H3,(H,17,18)/t13-/m0/s1. The zero-order chi connectivity index (χ0) is 14.7. The molecule has 1 amide bonds. The molecule has 0 aromatic carbocycles. The number of likely N-dealkylation sites (tertiary alicyclic amines) is 1. The second-order valence-electron chi connectivity index (χ2n) is 5.20. The van der Waals surface area contributed by atoms with E-state index in [1.807, 2.05) is 23.1 Å². The number of H-pyrrole nitrogens is 1. The van der Waals surface area contributed by atoms with Crippen molar-refractivity contribution in [2.45, 2.75) is 25.9 Å². The van der Waals surface area contributed by atoms with Gasteiger partial charge in [-0.3, -0.25) is 14.9 Å². The molecule has 0 spiro atoms. The fourth-order valence-electron chi connectivity index (χ4n) is 2.52. The first-order valence-electron chi connectivity index (χ1n) is 7.10. The zero-order valence-electron chi connectivity index (χ0n) is 12.0. The van der Waals surface area contributed by atoms with Gasteiger partial charge in [0.05, 0.1) is 24.1 Å². The summed E-state index contributed by atoms with van der Waals surface area (Å²) in [5.74, 6) is 0.838. The summed E-state index contributed by atoms with van der Waals surface area (Å²) in [5.41, 5.74) is 1.70. The van der Waals surface area contributed by atoms with Crippen LogP contribution in [0.1, 0.15) is 19.8 Å². The van der Waals surface area contributed by atoms with Crippen molar-refractivity contribution in [1.82, 2.24) is 20.1 Å². The Bertz CT molecular complexity index is 595. The lowest BCUT2D eigenvalue weighted by molar-refractivity contribution is -0.131. The molecule has 0 unspecified atom stereocenters. The van der Waals surface area contributed by atoms with E-state index in [0.29, 0.717) is 6.54 Å². The first kappa shape index (κ1) is 13.6. The third-order valence-electron chi connectivity index (χ3n) is 3.64. The van der Waals surface area contributed by atoms with Crippen molar-refractivity contribution in [3.8, 4) is 17.1 Å². The summed E-state index contributed by atoms with van der Waals surface area (Å²) in [5, 5.41) is 6.78. The molecule has 6 heteroatoms. The van der Waals surface area contributed by atoms with Crippen LogP contribution < -0.4 is 4.74 Å². The number of hydrogen-bond donors (Lipinski definition) is 1. The fourth-order valence-corrected chi connectivity index (χ4v) is 2.52. The van der Waals surface area contributed by atoms with Crippen LogP contribution in [-0.2, 0) is 4.79 Å². The molecule has 0 saturated carbocycles. The van der Waals surface area contributed by atoms with Crippen LogP contribution >= 0.6 is 0 Å². The van der Waals surface area contributed by atoms with Crippen LogP contribution in [-0.4, -0.2) is 45.2 Å². The molecule has 1 atom stereocenters. The van der Waals surface area contributed by atoms with E-state index in [9.17, 15) is 4.79 Å². The molecule has 0 bridgehead atoms. The molecular formula is C15H18N4O2. The Balaban J connectivity index is 1.64. The summed E-state index contributed by atoms with van der Waals surface area (Å²) in [7, 11) is 0. The van der Waals surface area contributed by atoms with Gasteiger partial charge in [0.2, 0.25) is 5.91 Å². The largest absolute Gasteiger partial charge is 0.487 e. The van der Waals surface area contributed by atoms with Gasteiger partial charge in [0.1, 0.15) is 11.9 Å². The number of hydrogen-bond acceptors (Lipinski definition) is 4. The Labute approximate surface area is 123 Å². The minimum absolute atomic E-state index is 0.0439. The highest BCUT2D eigenvalue weighted by atomic mass is 16.5. The van der Waals surface area contributed by atoms with E-state index in [-0.39, 0.29) is 12.0 Å². The minimum atomic E-state index is 0.0439. The van der Waals surface area contributed by atoms with Crippen LogP contribution in [0.4, 0.5) is 0 Å². The SMILES string of the molecule is CC(=O)N1CCC[C@H](Oc2ccc(-c3ccn[nH]3)nc2)C1. The molecule has 0 radical (unpaired) electrons. The van der Waals surface area contributed by atoms with Crippen molar-refractivity contribution in [2.24, 2.45) is 0 Å². The number of aromatic amines is 1. The van der Waals surface area contributed by atoms with E-state index in [1.165, 1.54) is 0 Å². The summed E-state index contributed by atoms with van der Waals surface area (Å²) in [6.07, 6.45) is 5.39. The number of carbonyl (C=O) groups is 1. The van der Waals surface area contributed by atoms with Crippen LogP contribution in [0.2, 0.25) is 0 Å². The van der Waals surface area contributed by atoms with Crippen LogP contribution in [0.3, 0.4) is 0 Å². The van der Waals surface area contributed by atoms with Gasteiger partial charge in [-0.2, -0.15) is 5.10 Å². The monoisotopic (exact) mass is 286 g/mol. The molecule has 2 aromatic rings. The molecule has 110 valence electrons. The van der Waals surface area contributed by atoms with Crippen LogP contribution in [0, 0.1) is 0 Å². The zero-order valence-corrected chi connectivity index (χ0v) is 12.0. The summed E-state index contributed by atoms with van der Waals surface area (Å²) in [6.45, 7) is 3.08. The fraction of sp³-hybridized carbons (Fsp3) is 0.400. The smallest absolute Gasteiger partial charge is 0.219 e. The van der Waals surface area contributed by atoms with Gasteiger partial charge in [-0.1, -0.05) is 0 Å². The van der Waals surface area contributed by atoms with Crippen molar-refractivity contribution in [1.29, 1.82) is 0 Å². The average Bonchev–Trinajstić information content (AvgIpc) is 3.02. The van der Waals surface area contributed by atoms with Gasteiger partial charge in [0.15, 0.2) is 0 Å². The van der Waals surface area contributed by atoms with Crippen molar-refractivity contribution >= 4 is 5.91 Å². The number of amides is 1. The van der Waals surface area contributed by atoms with Crippen LogP contribution in [0.15, 0.2) is 30.6 Å². The number of aromatic nitrogens is 3. The Kier molecular flexibility index (Phi) is 3.85. The van der Waals surface area contributed by atoms with E-state index in [0.717, 1.165) is 36.5 Å². The first-order chi connectivity index (χ1) is 10.2. The molecule has 1 fully saturated rings. The van der Waals surface area contributed by atoms with Gasteiger partial charge >= 0.3 is 0 Å². The Morgan fingerprint density at radius 1 is 1.43 bits per heavy atom. The lowest BCUT2D eigenvalue weighted by atomic mass is 10.1. The summed E-state index contributed by atoms with van der Waals surface area (Å²) in [6, 6.07) is 5.67. The maximum absolute atomic E-state index is 11.4. The molecule has 1 N–H and O–H groups in total. The van der Waals surface area contributed by atoms with Crippen molar-refractivity contribution in [3.05, 3.63) is 30.6 Å². The lowest BCUT2D eigenvalue weighted by Crippen LogP contribution is -2.43. The van der Waals surface area contributed by atoms with Crippen LogP contribution in [0.5, 0.6) is 5.75 Å². The van der Waals surface area contributed by atoms with Gasteiger partial charge in [-0.25, -0.2) is 0 Å². The molecule has 1 saturated heterocycles. The molecule has 1 aliphatic heterocycles. The Morgan fingerprint density at radius 3 is 3.00 bits per heavy atom. The van der Waals surface area contributed by atoms with Gasteiger partial charge < -0.3 is 9.64 Å². The summed E-state index contributed by atoms with van der Waals surface area (Å²) in [4.78, 5) is 17.6. The van der Waals surface area contributed by atoms with Crippen LogP contribution in [0.25, 0.3) is 11.4 Å². The minimum Gasteiger partial charge on any atom is -0.487 e. The topological polar surface area (TPSA) is 71.1 Å². The van der Waals surface area contributed by atoms with Crippen molar-refractivity contribution in [2.75, 3.05) is 13.1 Å². The van der Waals surface area contributed by atoms with Gasteiger partial charge in [0.25, 0.3) is 0 Å². The number of pyridine rings is 1. The van der Waals surface area contributed by atoms with E-state index in [4.69, 9.17) is 4.74 Å². The number of nitrogens with one attached hydrogen (secondary N) is 1. The number of carbonyl (C=O) groups excluding carboxylic acids is 1.